The van der Waals surface area contributed by atoms with Crippen LogP contribution in [0, 0.1) is 11.3 Å². The van der Waals surface area contributed by atoms with Crippen molar-refractivity contribution < 1.29 is 0 Å². The Balaban J connectivity index is 1.90. The van der Waals surface area contributed by atoms with Crippen molar-refractivity contribution >= 4 is 17.3 Å². The molecule has 1 aliphatic rings. The Labute approximate surface area is 112 Å². The second-order valence-corrected chi connectivity index (χ2v) is 4.73. The topological polar surface area (TPSA) is 47.9 Å². The van der Waals surface area contributed by atoms with E-state index in [-0.39, 0.29) is 0 Å². The van der Waals surface area contributed by atoms with Gasteiger partial charge >= 0.3 is 0 Å². The molecule has 3 nitrogen and oxygen atoms in total. The fourth-order valence-corrected chi connectivity index (χ4v) is 2.19. The molecule has 1 aliphatic heterocycles. The fourth-order valence-electron chi connectivity index (χ4n) is 2.02. The molecule has 4 heteroatoms. The first-order valence-corrected chi connectivity index (χ1v) is 6.49. The number of anilines is 1. The molecule has 1 aromatic rings. The van der Waals surface area contributed by atoms with Gasteiger partial charge in [0.15, 0.2) is 0 Å². The molecular formula is C14H16ClN3. The van der Waals surface area contributed by atoms with Gasteiger partial charge in [0.2, 0.25) is 0 Å². The predicted molar refractivity (Wildman–Crippen MR) is 74.8 cm³/mol. The largest absolute Gasteiger partial charge is 0.384 e. The first-order chi connectivity index (χ1) is 8.79. The first-order valence-electron chi connectivity index (χ1n) is 6.12. The maximum absolute atomic E-state index is 9.02. The molecule has 0 aromatic heterocycles. The van der Waals surface area contributed by atoms with Crippen LogP contribution >= 0.6 is 11.6 Å². The van der Waals surface area contributed by atoms with E-state index in [2.05, 4.69) is 22.8 Å². The molecule has 18 heavy (non-hydrogen) atoms. The van der Waals surface area contributed by atoms with Crippen molar-refractivity contribution in [1.29, 1.82) is 5.26 Å². The summed E-state index contributed by atoms with van der Waals surface area (Å²) in [4.78, 5) is 0. The highest BCUT2D eigenvalue weighted by atomic mass is 35.5. The van der Waals surface area contributed by atoms with Crippen LogP contribution in [-0.2, 0) is 0 Å². The van der Waals surface area contributed by atoms with E-state index in [1.165, 1.54) is 5.57 Å². The molecule has 0 bridgehead atoms. The minimum absolute atomic E-state index is 0.596. The first kappa shape index (κ1) is 12.9. The highest BCUT2D eigenvalue weighted by Crippen LogP contribution is 2.20. The number of hydrogen-bond donors (Lipinski definition) is 2. The van der Waals surface area contributed by atoms with Crippen LogP contribution in [0.25, 0.3) is 0 Å². The number of benzene rings is 1. The van der Waals surface area contributed by atoms with Crippen LogP contribution < -0.4 is 10.6 Å². The van der Waals surface area contributed by atoms with Crippen molar-refractivity contribution in [2.75, 3.05) is 25.0 Å². The summed E-state index contributed by atoms with van der Waals surface area (Å²) in [6, 6.07) is 7.50. The Morgan fingerprint density at radius 2 is 2.33 bits per heavy atom. The van der Waals surface area contributed by atoms with Crippen LogP contribution in [0.4, 0.5) is 5.69 Å². The summed E-state index contributed by atoms with van der Waals surface area (Å²) in [6.45, 7) is 2.89. The SMILES string of the molecule is N#Cc1cc(Cl)ccc1NCCC1=CCNCC1. The van der Waals surface area contributed by atoms with E-state index in [1.54, 1.807) is 12.1 Å². The zero-order valence-electron chi connectivity index (χ0n) is 10.2. The third kappa shape index (κ3) is 3.49. The van der Waals surface area contributed by atoms with Gasteiger partial charge in [0.25, 0.3) is 0 Å². The third-order valence-electron chi connectivity index (χ3n) is 3.02. The minimum atomic E-state index is 0.596. The maximum Gasteiger partial charge on any atom is 0.101 e. The van der Waals surface area contributed by atoms with Gasteiger partial charge in [-0.05, 0) is 37.6 Å². The van der Waals surface area contributed by atoms with Gasteiger partial charge < -0.3 is 10.6 Å². The van der Waals surface area contributed by atoms with Crippen molar-refractivity contribution in [2.24, 2.45) is 0 Å². The Kier molecular flexibility index (Phi) is 4.63. The summed E-state index contributed by atoms with van der Waals surface area (Å²) < 4.78 is 0. The Morgan fingerprint density at radius 3 is 3.06 bits per heavy atom. The van der Waals surface area contributed by atoms with E-state index in [4.69, 9.17) is 16.9 Å². The lowest BCUT2D eigenvalue weighted by Crippen LogP contribution is -2.21. The van der Waals surface area contributed by atoms with Crippen molar-refractivity contribution in [3.05, 3.63) is 40.4 Å². The lowest BCUT2D eigenvalue weighted by molar-refractivity contribution is 0.683. The molecule has 0 fully saturated rings. The Morgan fingerprint density at radius 1 is 1.44 bits per heavy atom. The van der Waals surface area contributed by atoms with E-state index in [0.717, 1.165) is 38.2 Å². The summed E-state index contributed by atoms with van der Waals surface area (Å²) >= 11 is 5.86. The standard InChI is InChI=1S/C14H16ClN3/c15-13-1-2-14(12(9-13)10-16)18-8-5-11-3-6-17-7-4-11/h1-3,9,17-18H,4-8H2. The van der Waals surface area contributed by atoms with Gasteiger partial charge in [-0.25, -0.2) is 0 Å². The van der Waals surface area contributed by atoms with E-state index in [1.807, 2.05) is 6.07 Å². The van der Waals surface area contributed by atoms with Gasteiger partial charge in [-0.1, -0.05) is 23.3 Å². The second kappa shape index (κ2) is 6.44. The van der Waals surface area contributed by atoms with E-state index in [0.29, 0.717) is 10.6 Å². The quantitative estimate of drug-likeness (QED) is 0.820. The number of nitrogens with one attached hydrogen (secondary N) is 2. The van der Waals surface area contributed by atoms with Crippen LogP contribution in [-0.4, -0.2) is 19.6 Å². The highest BCUT2D eigenvalue weighted by molar-refractivity contribution is 6.30. The van der Waals surface area contributed by atoms with Crippen molar-refractivity contribution in [2.45, 2.75) is 12.8 Å². The van der Waals surface area contributed by atoms with Crippen molar-refractivity contribution in [1.82, 2.24) is 5.32 Å². The molecular weight excluding hydrogens is 246 g/mol. The third-order valence-corrected chi connectivity index (χ3v) is 3.26. The second-order valence-electron chi connectivity index (χ2n) is 4.29. The lowest BCUT2D eigenvalue weighted by Gasteiger charge is -2.15. The normalized spacial score (nSPS) is 14.8. The minimum Gasteiger partial charge on any atom is -0.384 e. The maximum atomic E-state index is 9.02. The van der Waals surface area contributed by atoms with Gasteiger partial charge in [-0.3, -0.25) is 0 Å². The van der Waals surface area contributed by atoms with Crippen LogP contribution in [0.1, 0.15) is 18.4 Å². The molecule has 0 saturated heterocycles. The summed E-state index contributed by atoms with van der Waals surface area (Å²) in [6.07, 6.45) is 4.39. The zero-order chi connectivity index (χ0) is 12.8. The van der Waals surface area contributed by atoms with Crippen LogP contribution in [0.15, 0.2) is 29.8 Å². The summed E-state index contributed by atoms with van der Waals surface area (Å²) in [7, 11) is 0. The number of nitrogens with zero attached hydrogens (tertiary/aromatic N) is 1. The molecule has 2 N–H and O–H groups in total. The number of hydrogen-bond acceptors (Lipinski definition) is 3. The monoisotopic (exact) mass is 261 g/mol. The molecule has 2 rings (SSSR count). The van der Waals surface area contributed by atoms with Gasteiger partial charge in [-0.2, -0.15) is 5.26 Å². The number of rotatable bonds is 4. The smallest absolute Gasteiger partial charge is 0.101 e. The van der Waals surface area contributed by atoms with Gasteiger partial charge in [0.1, 0.15) is 6.07 Å². The van der Waals surface area contributed by atoms with Gasteiger partial charge in [0, 0.05) is 18.1 Å². The Bertz CT molecular complexity index is 488. The molecule has 0 atom stereocenters. The van der Waals surface area contributed by atoms with Crippen molar-refractivity contribution in [3.63, 3.8) is 0 Å². The number of nitriles is 1. The van der Waals surface area contributed by atoms with Crippen LogP contribution in [0.5, 0.6) is 0 Å². The van der Waals surface area contributed by atoms with Gasteiger partial charge in [-0.15, -0.1) is 0 Å². The molecule has 1 aromatic carbocycles. The zero-order valence-corrected chi connectivity index (χ0v) is 10.9. The van der Waals surface area contributed by atoms with E-state index in [9.17, 15) is 0 Å². The summed E-state index contributed by atoms with van der Waals surface area (Å²) in [5.41, 5.74) is 2.94. The highest BCUT2D eigenvalue weighted by Gasteiger charge is 2.05. The fraction of sp³-hybridized carbons (Fsp3) is 0.357. The molecule has 0 saturated carbocycles. The van der Waals surface area contributed by atoms with E-state index < -0.39 is 0 Å². The Hall–Kier alpha value is -1.50. The molecule has 0 unspecified atom stereocenters. The summed E-state index contributed by atoms with van der Waals surface area (Å²) in [5.74, 6) is 0. The molecule has 0 radical (unpaired) electrons. The number of halogens is 1. The molecule has 94 valence electrons. The molecule has 0 spiro atoms. The van der Waals surface area contributed by atoms with Crippen LogP contribution in [0.3, 0.4) is 0 Å². The van der Waals surface area contributed by atoms with Crippen molar-refractivity contribution in [3.8, 4) is 6.07 Å². The average molecular weight is 262 g/mol. The average Bonchev–Trinajstić information content (AvgIpc) is 2.41. The lowest BCUT2D eigenvalue weighted by atomic mass is 10.1. The van der Waals surface area contributed by atoms with E-state index >= 15 is 0 Å². The van der Waals surface area contributed by atoms with Crippen LogP contribution in [0.2, 0.25) is 5.02 Å². The van der Waals surface area contributed by atoms with Gasteiger partial charge in [0.05, 0.1) is 11.3 Å². The molecule has 1 heterocycles. The molecule has 0 amide bonds. The predicted octanol–water partition coefficient (Wildman–Crippen LogP) is 2.93. The molecule has 0 aliphatic carbocycles. The summed E-state index contributed by atoms with van der Waals surface area (Å²) in [5, 5.41) is 16.2.